The Morgan fingerprint density at radius 2 is 1.83 bits per heavy atom. The first-order valence-corrected chi connectivity index (χ1v) is 11.2. The van der Waals surface area contributed by atoms with Gasteiger partial charge in [-0.1, -0.05) is 35.9 Å². The van der Waals surface area contributed by atoms with Gasteiger partial charge in [0.25, 0.3) is 5.91 Å². The molecule has 0 bridgehead atoms. The van der Waals surface area contributed by atoms with Gasteiger partial charge in [0, 0.05) is 14.8 Å². The molecule has 2 N–H and O–H groups in total. The summed E-state index contributed by atoms with van der Waals surface area (Å²) < 4.78 is 1.97. The van der Waals surface area contributed by atoms with Crippen LogP contribution in [0.2, 0.25) is 5.02 Å². The highest BCUT2D eigenvalue weighted by Crippen LogP contribution is 2.35. The van der Waals surface area contributed by atoms with Gasteiger partial charge in [0.05, 0.1) is 20.8 Å². The molecule has 0 aliphatic carbocycles. The lowest BCUT2D eigenvalue weighted by molar-refractivity contribution is 0.0977. The van der Waals surface area contributed by atoms with Gasteiger partial charge in [0.15, 0.2) is 5.11 Å². The van der Waals surface area contributed by atoms with E-state index in [4.69, 9.17) is 23.8 Å². The topological polar surface area (TPSA) is 54.0 Å². The van der Waals surface area contributed by atoms with Gasteiger partial charge < -0.3 is 5.32 Å². The Labute approximate surface area is 195 Å². The summed E-state index contributed by atoms with van der Waals surface area (Å²) in [6.45, 7) is 0. The molecule has 0 spiro atoms. The van der Waals surface area contributed by atoms with Gasteiger partial charge in [-0.25, -0.2) is 4.98 Å². The van der Waals surface area contributed by atoms with E-state index in [1.165, 1.54) is 0 Å². The van der Waals surface area contributed by atoms with Crippen molar-refractivity contribution in [1.82, 2.24) is 10.3 Å². The Morgan fingerprint density at radius 1 is 1.07 bits per heavy atom. The van der Waals surface area contributed by atoms with Crippen LogP contribution in [0.25, 0.3) is 20.8 Å². The lowest BCUT2D eigenvalue weighted by Gasteiger charge is -2.11. The quantitative estimate of drug-likeness (QED) is 0.231. The number of carbonyl (C=O) groups excluding carboxylic acids is 1. The maximum atomic E-state index is 12.4. The molecule has 1 aromatic heterocycles. The van der Waals surface area contributed by atoms with Gasteiger partial charge in [-0.05, 0) is 77.3 Å². The SMILES string of the molecule is O=C(NC(=S)Nc1ccc(-c2nc3ccccc3s2)c(Cl)c1)c1ccccc1I. The third kappa shape index (κ3) is 4.58. The second kappa shape index (κ2) is 8.74. The number of nitrogens with one attached hydrogen (secondary N) is 2. The van der Waals surface area contributed by atoms with E-state index in [2.05, 4.69) is 38.2 Å². The van der Waals surface area contributed by atoms with E-state index in [1.807, 2.05) is 54.6 Å². The van der Waals surface area contributed by atoms with Crippen LogP contribution >= 0.6 is 57.7 Å². The number of rotatable bonds is 3. The molecule has 1 heterocycles. The maximum Gasteiger partial charge on any atom is 0.258 e. The molecule has 4 rings (SSSR count). The largest absolute Gasteiger partial charge is 0.332 e. The molecule has 0 fully saturated rings. The minimum absolute atomic E-state index is 0.207. The van der Waals surface area contributed by atoms with Crippen LogP contribution in [-0.4, -0.2) is 16.0 Å². The van der Waals surface area contributed by atoms with E-state index < -0.39 is 0 Å². The average molecular weight is 550 g/mol. The molecule has 0 aliphatic rings. The number of hydrogen-bond acceptors (Lipinski definition) is 4. The summed E-state index contributed by atoms with van der Waals surface area (Å²) in [6, 6.07) is 20.8. The van der Waals surface area contributed by atoms with Crippen molar-refractivity contribution in [2.24, 2.45) is 0 Å². The van der Waals surface area contributed by atoms with Crippen LogP contribution in [0.3, 0.4) is 0 Å². The second-order valence-electron chi connectivity index (χ2n) is 6.07. The molecule has 0 saturated carbocycles. The highest BCUT2D eigenvalue weighted by Gasteiger charge is 2.13. The van der Waals surface area contributed by atoms with Crippen LogP contribution in [0, 0.1) is 3.57 Å². The standard InChI is InChI=1S/C21H13ClIN3OS2/c22-15-11-12(24-21(28)26-19(27)14-5-1-2-6-16(14)23)9-10-13(15)20-25-17-7-3-4-8-18(17)29-20/h1-11H,(H2,24,26,27,28). The number of carbonyl (C=O) groups is 1. The molecule has 0 aliphatic heterocycles. The first-order chi connectivity index (χ1) is 14.0. The summed E-state index contributed by atoms with van der Waals surface area (Å²) in [5, 5.41) is 7.32. The van der Waals surface area contributed by atoms with Crippen molar-refractivity contribution in [2.75, 3.05) is 5.32 Å². The average Bonchev–Trinajstić information content (AvgIpc) is 3.12. The van der Waals surface area contributed by atoms with Crippen LogP contribution in [0.5, 0.6) is 0 Å². The van der Waals surface area contributed by atoms with Crippen molar-refractivity contribution in [3.8, 4) is 10.6 Å². The van der Waals surface area contributed by atoms with Gasteiger partial charge in [-0.15, -0.1) is 11.3 Å². The summed E-state index contributed by atoms with van der Waals surface area (Å²) in [4.78, 5) is 17.0. The predicted molar refractivity (Wildman–Crippen MR) is 133 cm³/mol. The van der Waals surface area contributed by atoms with E-state index in [0.29, 0.717) is 16.3 Å². The first-order valence-electron chi connectivity index (χ1n) is 8.53. The van der Waals surface area contributed by atoms with Gasteiger partial charge in [-0.3, -0.25) is 10.1 Å². The van der Waals surface area contributed by atoms with Crippen LogP contribution in [-0.2, 0) is 0 Å². The number of anilines is 1. The molecule has 4 aromatic rings. The lowest BCUT2D eigenvalue weighted by Crippen LogP contribution is -2.34. The van der Waals surface area contributed by atoms with Crippen LogP contribution in [0.1, 0.15) is 10.4 Å². The molecule has 0 saturated heterocycles. The number of benzene rings is 3. The summed E-state index contributed by atoms with van der Waals surface area (Å²) >= 11 is 15.5. The van der Waals surface area contributed by atoms with Gasteiger partial charge in [0.1, 0.15) is 5.01 Å². The van der Waals surface area contributed by atoms with Crippen molar-refractivity contribution >= 4 is 84.7 Å². The van der Waals surface area contributed by atoms with Crippen LogP contribution in [0.4, 0.5) is 5.69 Å². The molecule has 144 valence electrons. The molecular weight excluding hydrogens is 537 g/mol. The summed E-state index contributed by atoms with van der Waals surface area (Å²) in [6.07, 6.45) is 0. The monoisotopic (exact) mass is 549 g/mol. The molecule has 8 heteroatoms. The minimum atomic E-state index is -0.260. The Kier molecular flexibility index (Phi) is 6.09. The van der Waals surface area contributed by atoms with Crippen LogP contribution in [0.15, 0.2) is 66.7 Å². The predicted octanol–water partition coefficient (Wildman–Crippen LogP) is 6.35. The normalized spacial score (nSPS) is 10.7. The molecule has 0 atom stereocenters. The Hall–Kier alpha value is -2.07. The number of fused-ring (bicyclic) bond motifs is 1. The maximum absolute atomic E-state index is 12.4. The zero-order chi connectivity index (χ0) is 20.4. The van der Waals surface area contributed by atoms with E-state index in [9.17, 15) is 4.79 Å². The molecule has 29 heavy (non-hydrogen) atoms. The summed E-state index contributed by atoms with van der Waals surface area (Å²) in [5.41, 5.74) is 3.06. The van der Waals surface area contributed by atoms with Crippen molar-refractivity contribution in [1.29, 1.82) is 0 Å². The fourth-order valence-electron chi connectivity index (χ4n) is 2.73. The molecule has 4 nitrogen and oxygen atoms in total. The number of aromatic nitrogens is 1. The Morgan fingerprint density at radius 3 is 2.59 bits per heavy atom. The first kappa shape index (κ1) is 20.2. The minimum Gasteiger partial charge on any atom is -0.332 e. The number of nitrogens with zero attached hydrogens (tertiary/aromatic N) is 1. The number of thiazole rings is 1. The van der Waals surface area contributed by atoms with E-state index in [0.717, 1.165) is 24.4 Å². The highest BCUT2D eigenvalue weighted by molar-refractivity contribution is 14.1. The van der Waals surface area contributed by atoms with Crippen molar-refractivity contribution in [3.63, 3.8) is 0 Å². The number of amides is 1. The van der Waals surface area contributed by atoms with E-state index >= 15 is 0 Å². The fraction of sp³-hybridized carbons (Fsp3) is 0. The third-order valence-corrected chi connectivity index (χ3v) is 6.62. The number of halogens is 2. The number of thiocarbonyl (C=S) groups is 1. The molecule has 0 unspecified atom stereocenters. The smallest absolute Gasteiger partial charge is 0.258 e. The van der Waals surface area contributed by atoms with Crippen molar-refractivity contribution in [2.45, 2.75) is 0 Å². The molecule has 3 aromatic carbocycles. The van der Waals surface area contributed by atoms with Crippen LogP contribution < -0.4 is 10.6 Å². The van der Waals surface area contributed by atoms with Gasteiger partial charge in [-0.2, -0.15) is 0 Å². The molecule has 1 amide bonds. The van der Waals surface area contributed by atoms with E-state index in [1.54, 1.807) is 23.5 Å². The Balaban J connectivity index is 1.48. The zero-order valence-corrected chi connectivity index (χ0v) is 19.3. The van der Waals surface area contributed by atoms with Gasteiger partial charge >= 0.3 is 0 Å². The van der Waals surface area contributed by atoms with Gasteiger partial charge in [0.2, 0.25) is 0 Å². The number of hydrogen-bond donors (Lipinski definition) is 2. The molecular formula is C21H13ClIN3OS2. The zero-order valence-electron chi connectivity index (χ0n) is 14.8. The lowest BCUT2D eigenvalue weighted by atomic mass is 10.2. The second-order valence-corrected chi connectivity index (χ2v) is 9.08. The van der Waals surface area contributed by atoms with Crippen molar-refractivity contribution in [3.05, 3.63) is 80.9 Å². The third-order valence-electron chi connectivity index (χ3n) is 4.10. The summed E-state index contributed by atoms with van der Waals surface area (Å²) in [7, 11) is 0. The number of para-hydroxylation sites is 1. The fourth-order valence-corrected chi connectivity index (χ4v) is 4.91. The van der Waals surface area contributed by atoms with E-state index in [-0.39, 0.29) is 11.0 Å². The molecule has 0 radical (unpaired) electrons. The highest BCUT2D eigenvalue weighted by atomic mass is 127. The van der Waals surface area contributed by atoms with Crippen molar-refractivity contribution < 1.29 is 4.79 Å². The summed E-state index contributed by atoms with van der Waals surface area (Å²) in [5.74, 6) is -0.260. The Bertz CT molecular complexity index is 1210.